The first kappa shape index (κ1) is 7.03. The standard InChI is InChI=1S/C7H15NO/c1-7(2)3-5-9-6-4-8-7/h8H,3-6H2,1-2H3. The van der Waals surface area contributed by atoms with Crippen molar-refractivity contribution in [3.63, 3.8) is 0 Å². The maximum Gasteiger partial charge on any atom is 0.0591 e. The van der Waals surface area contributed by atoms with Crippen LogP contribution in [0.3, 0.4) is 0 Å². The highest BCUT2D eigenvalue weighted by atomic mass is 16.5. The average molecular weight is 129 g/mol. The average Bonchev–Trinajstić information content (AvgIpc) is 1.92. The molecule has 0 atom stereocenters. The predicted molar refractivity (Wildman–Crippen MR) is 37.5 cm³/mol. The molecule has 9 heavy (non-hydrogen) atoms. The van der Waals surface area contributed by atoms with Crippen LogP contribution in [0.2, 0.25) is 0 Å². The fourth-order valence-electron chi connectivity index (χ4n) is 0.979. The monoisotopic (exact) mass is 129 g/mol. The van der Waals surface area contributed by atoms with E-state index >= 15 is 0 Å². The minimum absolute atomic E-state index is 0.288. The summed E-state index contributed by atoms with van der Waals surface area (Å²) in [6.07, 6.45) is 1.12. The van der Waals surface area contributed by atoms with Gasteiger partial charge in [-0.25, -0.2) is 0 Å². The molecule has 0 aliphatic carbocycles. The molecule has 0 bridgehead atoms. The Labute approximate surface area is 56.6 Å². The van der Waals surface area contributed by atoms with Gasteiger partial charge in [-0.15, -0.1) is 0 Å². The van der Waals surface area contributed by atoms with Crippen LogP contribution in [-0.4, -0.2) is 25.3 Å². The van der Waals surface area contributed by atoms with Crippen molar-refractivity contribution in [1.82, 2.24) is 5.32 Å². The molecule has 54 valence electrons. The lowest BCUT2D eigenvalue weighted by Gasteiger charge is -2.22. The molecule has 1 rings (SSSR count). The Hall–Kier alpha value is -0.0800. The first-order valence-corrected chi connectivity index (χ1v) is 3.53. The van der Waals surface area contributed by atoms with Gasteiger partial charge in [-0.3, -0.25) is 0 Å². The van der Waals surface area contributed by atoms with Crippen molar-refractivity contribution >= 4 is 0 Å². The smallest absolute Gasteiger partial charge is 0.0591 e. The van der Waals surface area contributed by atoms with Crippen molar-refractivity contribution in [3.8, 4) is 0 Å². The van der Waals surface area contributed by atoms with Crippen molar-refractivity contribution < 1.29 is 4.74 Å². The molecule has 0 saturated carbocycles. The second-order valence-corrected chi connectivity index (χ2v) is 3.17. The maximum absolute atomic E-state index is 5.27. The first-order valence-electron chi connectivity index (χ1n) is 3.53. The van der Waals surface area contributed by atoms with Crippen LogP contribution < -0.4 is 5.32 Å². The Balaban J connectivity index is 2.36. The van der Waals surface area contributed by atoms with Crippen LogP contribution in [0.1, 0.15) is 20.3 Å². The molecule has 1 fully saturated rings. The van der Waals surface area contributed by atoms with Crippen molar-refractivity contribution in [3.05, 3.63) is 0 Å². The molecule has 1 heterocycles. The molecule has 1 saturated heterocycles. The van der Waals surface area contributed by atoms with Gasteiger partial charge in [0.15, 0.2) is 0 Å². The third kappa shape index (κ3) is 2.33. The van der Waals surface area contributed by atoms with E-state index in [9.17, 15) is 0 Å². The van der Waals surface area contributed by atoms with Crippen LogP contribution in [0.25, 0.3) is 0 Å². The zero-order chi connectivity index (χ0) is 6.74. The number of rotatable bonds is 0. The lowest BCUT2D eigenvalue weighted by molar-refractivity contribution is 0.147. The Kier molecular flexibility index (Phi) is 2.09. The first-order chi connectivity index (χ1) is 4.21. The molecule has 1 N–H and O–H groups in total. The number of hydrogen-bond donors (Lipinski definition) is 1. The molecular weight excluding hydrogens is 114 g/mol. The largest absolute Gasteiger partial charge is 0.380 e. The van der Waals surface area contributed by atoms with Gasteiger partial charge < -0.3 is 10.1 Å². The van der Waals surface area contributed by atoms with Gasteiger partial charge in [-0.05, 0) is 20.3 Å². The molecule has 0 aromatic heterocycles. The van der Waals surface area contributed by atoms with Gasteiger partial charge in [0.2, 0.25) is 0 Å². The molecule has 2 nitrogen and oxygen atoms in total. The van der Waals surface area contributed by atoms with Gasteiger partial charge in [0, 0.05) is 18.7 Å². The molecule has 0 aromatic rings. The van der Waals surface area contributed by atoms with E-state index in [-0.39, 0.29) is 5.54 Å². The van der Waals surface area contributed by atoms with Gasteiger partial charge in [0.05, 0.1) is 6.61 Å². The third-order valence-corrected chi connectivity index (χ3v) is 1.72. The second kappa shape index (κ2) is 2.67. The fraction of sp³-hybridized carbons (Fsp3) is 1.00. The van der Waals surface area contributed by atoms with Crippen LogP contribution in [-0.2, 0) is 4.74 Å². The Morgan fingerprint density at radius 2 is 2.11 bits per heavy atom. The highest BCUT2D eigenvalue weighted by Gasteiger charge is 2.18. The fourth-order valence-corrected chi connectivity index (χ4v) is 0.979. The summed E-state index contributed by atoms with van der Waals surface area (Å²) in [6.45, 7) is 7.18. The SMILES string of the molecule is CC1(C)CCOCCN1. The predicted octanol–water partition coefficient (Wildman–Crippen LogP) is 0.775. The Bertz CT molecular complexity index is 80.9. The molecule has 2 heteroatoms. The number of ether oxygens (including phenoxy) is 1. The van der Waals surface area contributed by atoms with E-state index in [1.807, 2.05) is 0 Å². The van der Waals surface area contributed by atoms with Gasteiger partial charge in [-0.1, -0.05) is 0 Å². The van der Waals surface area contributed by atoms with E-state index in [2.05, 4.69) is 19.2 Å². The van der Waals surface area contributed by atoms with Crippen LogP contribution >= 0.6 is 0 Å². The van der Waals surface area contributed by atoms with E-state index in [0.29, 0.717) is 0 Å². The molecule has 0 radical (unpaired) electrons. The van der Waals surface area contributed by atoms with Crippen LogP contribution in [0.15, 0.2) is 0 Å². The molecule has 0 aromatic carbocycles. The van der Waals surface area contributed by atoms with Crippen LogP contribution in [0.4, 0.5) is 0 Å². The zero-order valence-corrected chi connectivity index (χ0v) is 6.24. The minimum Gasteiger partial charge on any atom is -0.380 e. The molecule has 0 spiro atoms. The van der Waals surface area contributed by atoms with Gasteiger partial charge in [0.1, 0.15) is 0 Å². The van der Waals surface area contributed by atoms with Crippen LogP contribution in [0.5, 0.6) is 0 Å². The summed E-state index contributed by atoms with van der Waals surface area (Å²) in [5, 5.41) is 3.40. The highest BCUT2D eigenvalue weighted by molar-refractivity contribution is 4.78. The van der Waals surface area contributed by atoms with Crippen molar-refractivity contribution in [1.29, 1.82) is 0 Å². The highest BCUT2D eigenvalue weighted by Crippen LogP contribution is 2.09. The third-order valence-electron chi connectivity index (χ3n) is 1.72. The lowest BCUT2D eigenvalue weighted by Crippen LogP contribution is -2.39. The van der Waals surface area contributed by atoms with Gasteiger partial charge >= 0.3 is 0 Å². The quantitative estimate of drug-likeness (QED) is 0.521. The van der Waals surface area contributed by atoms with E-state index in [1.165, 1.54) is 0 Å². The van der Waals surface area contributed by atoms with Gasteiger partial charge in [-0.2, -0.15) is 0 Å². The molecule has 0 unspecified atom stereocenters. The van der Waals surface area contributed by atoms with E-state index < -0.39 is 0 Å². The Morgan fingerprint density at radius 3 is 2.89 bits per heavy atom. The molecular formula is C7H15NO. The molecule has 1 aliphatic heterocycles. The van der Waals surface area contributed by atoms with Crippen molar-refractivity contribution in [2.75, 3.05) is 19.8 Å². The zero-order valence-electron chi connectivity index (χ0n) is 6.24. The van der Waals surface area contributed by atoms with Gasteiger partial charge in [0.25, 0.3) is 0 Å². The van der Waals surface area contributed by atoms with E-state index in [4.69, 9.17) is 4.74 Å². The topological polar surface area (TPSA) is 21.3 Å². The summed E-state index contributed by atoms with van der Waals surface area (Å²) >= 11 is 0. The maximum atomic E-state index is 5.27. The summed E-state index contributed by atoms with van der Waals surface area (Å²) in [4.78, 5) is 0. The summed E-state index contributed by atoms with van der Waals surface area (Å²) in [5.74, 6) is 0. The van der Waals surface area contributed by atoms with Crippen molar-refractivity contribution in [2.24, 2.45) is 0 Å². The van der Waals surface area contributed by atoms with E-state index in [0.717, 1.165) is 26.2 Å². The van der Waals surface area contributed by atoms with Crippen molar-refractivity contribution in [2.45, 2.75) is 25.8 Å². The molecule has 1 aliphatic rings. The minimum atomic E-state index is 0.288. The number of nitrogens with one attached hydrogen (secondary N) is 1. The summed E-state index contributed by atoms with van der Waals surface area (Å²) < 4.78 is 5.27. The number of hydrogen-bond acceptors (Lipinski definition) is 2. The summed E-state index contributed by atoms with van der Waals surface area (Å²) in [5.41, 5.74) is 0.288. The second-order valence-electron chi connectivity index (χ2n) is 3.17. The molecule has 0 amide bonds. The van der Waals surface area contributed by atoms with E-state index in [1.54, 1.807) is 0 Å². The van der Waals surface area contributed by atoms with Crippen LogP contribution in [0, 0.1) is 0 Å². The summed E-state index contributed by atoms with van der Waals surface area (Å²) in [7, 11) is 0. The normalized spacial score (nSPS) is 27.3. The summed E-state index contributed by atoms with van der Waals surface area (Å²) in [6, 6.07) is 0. The Morgan fingerprint density at radius 1 is 1.33 bits per heavy atom. The lowest BCUT2D eigenvalue weighted by atomic mass is 10.0.